The van der Waals surface area contributed by atoms with Crippen LogP contribution in [0.1, 0.15) is 40.0 Å². The van der Waals surface area contributed by atoms with Crippen molar-refractivity contribution in [1.29, 1.82) is 0 Å². The fourth-order valence-corrected chi connectivity index (χ4v) is 3.57. The number of esters is 1. The van der Waals surface area contributed by atoms with Gasteiger partial charge in [0.15, 0.2) is 5.60 Å². The first kappa shape index (κ1) is 15.7. The molecule has 4 unspecified atom stereocenters. The number of carbonyl (C=O) groups excluding carboxylic acids is 1. The second-order valence-electron chi connectivity index (χ2n) is 6.55. The Bertz CT molecular complexity index is 348. The number of hydrogen-bond donors (Lipinski definition) is 2. The van der Waals surface area contributed by atoms with Crippen LogP contribution in [0.5, 0.6) is 0 Å². The van der Waals surface area contributed by atoms with Crippen molar-refractivity contribution in [3.05, 3.63) is 0 Å². The maximum atomic E-state index is 12.2. The first-order chi connectivity index (χ1) is 9.37. The molecule has 0 aromatic heterocycles. The van der Waals surface area contributed by atoms with Crippen LogP contribution in [0.3, 0.4) is 0 Å². The van der Waals surface area contributed by atoms with Crippen LogP contribution in [0.25, 0.3) is 0 Å². The topological polar surface area (TPSA) is 70.0 Å². The minimum absolute atomic E-state index is 0.349. The molecular weight excluding hydrogens is 258 g/mol. The molecule has 2 rings (SSSR count). The van der Waals surface area contributed by atoms with Gasteiger partial charge in [-0.2, -0.15) is 0 Å². The molecule has 2 fully saturated rings. The molecule has 2 aliphatic heterocycles. The zero-order chi connectivity index (χ0) is 14.9. The molecule has 0 aromatic carbocycles. The standard InChI is InChI=1S/C15H27NO4/c1-10(2)15(19,11(3)17)14(18)20-9-12-6-8-16-7-4-5-13(12)16/h10-13,17,19H,4-9H2,1-3H3. The number of aliphatic hydroxyl groups is 2. The molecule has 2 heterocycles. The van der Waals surface area contributed by atoms with E-state index in [0.29, 0.717) is 18.6 Å². The van der Waals surface area contributed by atoms with Crippen molar-refractivity contribution in [3.63, 3.8) is 0 Å². The Hall–Kier alpha value is -0.650. The minimum atomic E-state index is -1.81. The average molecular weight is 285 g/mol. The lowest BCUT2D eigenvalue weighted by Crippen LogP contribution is -2.53. The van der Waals surface area contributed by atoms with E-state index in [0.717, 1.165) is 19.5 Å². The Kier molecular flexibility index (Phi) is 4.72. The average Bonchev–Trinajstić information content (AvgIpc) is 2.97. The van der Waals surface area contributed by atoms with Crippen LogP contribution >= 0.6 is 0 Å². The van der Waals surface area contributed by atoms with E-state index < -0.39 is 17.7 Å². The third kappa shape index (κ3) is 2.71. The highest BCUT2D eigenvalue weighted by Crippen LogP contribution is 2.33. The highest BCUT2D eigenvalue weighted by Gasteiger charge is 2.46. The van der Waals surface area contributed by atoms with Crippen molar-refractivity contribution in [2.75, 3.05) is 19.7 Å². The van der Waals surface area contributed by atoms with Gasteiger partial charge in [-0.3, -0.25) is 4.90 Å². The van der Waals surface area contributed by atoms with Crippen LogP contribution in [0.15, 0.2) is 0 Å². The summed E-state index contributed by atoms with van der Waals surface area (Å²) in [5.41, 5.74) is -1.81. The van der Waals surface area contributed by atoms with Crippen LogP contribution in [0.2, 0.25) is 0 Å². The Balaban J connectivity index is 1.91. The number of ether oxygens (including phenoxy) is 1. The molecule has 2 saturated heterocycles. The van der Waals surface area contributed by atoms with Gasteiger partial charge in [-0.1, -0.05) is 13.8 Å². The summed E-state index contributed by atoms with van der Waals surface area (Å²) in [6.07, 6.45) is 2.31. The molecule has 2 N–H and O–H groups in total. The maximum Gasteiger partial charge on any atom is 0.341 e. The lowest BCUT2D eigenvalue weighted by molar-refractivity contribution is -0.186. The second kappa shape index (κ2) is 6.00. The van der Waals surface area contributed by atoms with Crippen LogP contribution in [0.4, 0.5) is 0 Å². The summed E-state index contributed by atoms with van der Waals surface area (Å²) in [6, 6.07) is 0.529. The van der Waals surface area contributed by atoms with Gasteiger partial charge in [0.05, 0.1) is 12.7 Å². The SMILES string of the molecule is CC(C)C(O)(C(=O)OCC1CCN2CCCC12)C(C)O. The Morgan fingerprint density at radius 3 is 2.65 bits per heavy atom. The maximum absolute atomic E-state index is 12.2. The molecule has 2 aliphatic rings. The van der Waals surface area contributed by atoms with Gasteiger partial charge in [0.1, 0.15) is 0 Å². The Morgan fingerprint density at radius 1 is 1.35 bits per heavy atom. The van der Waals surface area contributed by atoms with Gasteiger partial charge in [-0.05, 0) is 45.2 Å². The molecular formula is C15H27NO4. The zero-order valence-corrected chi connectivity index (χ0v) is 12.7. The van der Waals surface area contributed by atoms with Gasteiger partial charge in [0, 0.05) is 12.0 Å². The molecule has 116 valence electrons. The van der Waals surface area contributed by atoms with E-state index in [4.69, 9.17) is 4.74 Å². The molecule has 0 bridgehead atoms. The summed E-state index contributed by atoms with van der Waals surface area (Å²) in [5.74, 6) is -0.715. The van der Waals surface area contributed by atoms with Crippen molar-refractivity contribution in [2.24, 2.45) is 11.8 Å². The predicted molar refractivity (Wildman–Crippen MR) is 75.1 cm³/mol. The molecule has 0 saturated carbocycles. The summed E-state index contributed by atoms with van der Waals surface area (Å²) in [5, 5.41) is 20.1. The molecule has 0 amide bonds. The zero-order valence-electron chi connectivity index (χ0n) is 12.7. The van der Waals surface area contributed by atoms with E-state index in [1.54, 1.807) is 13.8 Å². The van der Waals surface area contributed by atoms with Gasteiger partial charge in [0.25, 0.3) is 0 Å². The molecule has 0 aliphatic carbocycles. The Labute approximate surface area is 120 Å². The lowest BCUT2D eigenvalue weighted by atomic mass is 9.85. The Morgan fingerprint density at radius 2 is 2.05 bits per heavy atom. The second-order valence-corrected chi connectivity index (χ2v) is 6.55. The molecule has 0 aromatic rings. The molecule has 0 spiro atoms. The van der Waals surface area contributed by atoms with E-state index in [-0.39, 0.29) is 5.92 Å². The number of rotatable bonds is 5. The van der Waals surface area contributed by atoms with Crippen molar-refractivity contribution in [1.82, 2.24) is 4.90 Å². The van der Waals surface area contributed by atoms with Crippen LogP contribution < -0.4 is 0 Å². The van der Waals surface area contributed by atoms with Gasteiger partial charge in [0.2, 0.25) is 0 Å². The number of hydrogen-bond acceptors (Lipinski definition) is 5. The van der Waals surface area contributed by atoms with Gasteiger partial charge in [-0.15, -0.1) is 0 Å². The van der Waals surface area contributed by atoms with Gasteiger partial charge >= 0.3 is 5.97 Å². The number of nitrogens with zero attached hydrogens (tertiary/aromatic N) is 1. The fraction of sp³-hybridized carbons (Fsp3) is 0.933. The third-order valence-electron chi connectivity index (χ3n) is 5.02. The highest BCUT2D eigenvalue weighted by atomic mass is 16.6. The normalized spacial score (nSPS) is 31.1. The van der Waals surface area contributed by atoms with E-state index in [9.17, 15) is 15.0 Å². The van der Waals surface area contributed by atoms with Crippen LogP contribution in [-0.2, 0) is 9.53 Å². The fourth-order valence-electron chi connectivity index (χ4n) is 3.57. The van der Waals surface area contributed by atoms with Crippen LogP contribution in [0, 0.1) is 11.8 Å². The number of aliphatic hydroxyl groups excluding tert-OH is 1. The van der Waals surface area contributed by atoms with Crippen molar-refractivity contribution >= 4 is 5.97 Å². The minimum Gasteiger partial charge on any atom is -0.463 e. The van der Waals surface area contributed by atoms with E-state index >= 15 is 0 Å². The van der Waals surface area contributed by atoms with Crippen molar-refractivity contribution in [3.8, 4) is 0 Å². The summed E-state index contributed by atoms with van der Waals surface area (Å²) < 4.78 is 5.35. The molecule has 5 nitrogen and oxygen atoms in total. The quantitative estimate of drug-likeness (QED) is 0.731. The number of fused-ring (bicyclic) bond motifs is 1. The molecule has 4 atom stereocenters. The summed E-state index contributed by atoms with van der Waals surface area (Å²) >= 11 is 0. The van der Waals surface area contributed by atoms with Crippen LogP contribution in [-0.4, -0.2) is 58.5 Å². The highest BCUT2D eigenvalue weighted by molar-refractivity contribution is 5.80. The first-order valence-electron chi connectivity index (χ1n) is 7.69. The predicted octanol–water partition coefficient (Wildman–Crippen LogP) is 0.782. The van der Waals surface area contributed by atoms with Gasteiger partial charge < -0.3 is 14.9 Å². The summed E-state index contributed by atoms with van der Waals surface area (Å²) in [7, 11) is 0. The van der Waals surface area contributed by atoms with Gasteiger partial charge in [-0.25, -0.2) is 4.79 Å². The summed E-state index contributed by atoms with van der Waals surface area (Å²) in [4.78, 5) is 14.6. The smallest absolute Gasteiger partial charge is 0.341 e. The number of carbonyl (C=O) groups is 1. The lowest BCUT2D eigenvalue weighted by Gasteiger charge is -2.33. The van der Waals surface area contributed by atoms with E-state index in [1.165, 1.54) is 19.8 Å². The largest absolute Gasteiger partial charge is 0.463 e. The molecule has 0 radical (unpaired) electrons. The van der Waals surface area contributed by atoms with E-state index in [2.05, 4.69) is 4.90 Å². The van der Waals surface area contributed by atoms with Crippen molar-refractivity contribution < 1.29 is 19.7 Å². The van der Waals surface area contributed by atoms with E-state index in [1.807, 2.05) is 0 Å². The molecule has 20 heavy (non-hydrogen) atoms. The molecule has 5 heteroatoms. The third-order valence-corrected chi connectivity index (χ3v) is 5.02. The summed E-state index contributed by atoms with van der Waals surface area (Å²) in [6.45, 7) is 7.43. The monoisotopic (exact) mass is 285 g/mol. The first-order valence-corrected chi connectivity index (χ1v) is 7.69. The van der Waals surface area contributed by atoms with Crippen molar-refractivity contribution in [2.45, 2.75) is 57.8 Å².